The van der Waals surface area contributed by atoms with Crippen LogP contribution in [0.5, 0.6) is 5.75 Å². The van der Waals surface area contributed by atoms with Gasteiger partial charge in [-0.2, -0.15) is 0 Å². The van der Waals surface area contributed by atoms with Crippen LogP contribution in [0.1, 0.15) is 5.56 Å². The van der Waals surface area contributed by atoms with Crippen LogP contribution in [0, 0.1) is 12.3 Å². The maximum Gasteiger partial charge on any atom is 0.573 e. The van der Waals surface area contributed by atoms with Crippen molar-refractivity contribution in [2.45, 2.75) is 6.36 Å². The molecule has 0 bridgehead atoms. The van der Waals surface area contributed by atoms with Gasteiger partial charge in [0, 0.05) is 21.7 Å². The van der Waals surface area contributed by atoms with Gasteiger partial charge in [-0.1, -0.05) is 35.7 Å². The maximum atomic E-state index is 12.4. The minimum absolute atomic E-state index is 0.198. The lowest BCUT2D eigenvalue weighted by Crippen LogP contribution is -2.17. The van der Waals surface area contributed by atoms with Gasteiger partial charge in [-0.3, -0.25) is 0 Å². The van der Waals surface area contributed by atoms with E-state index in [1.54, 1.807) is 24.3 Å². The fourth-order valence-corrected chi connectivity index (χ4v) is 1.96. The molecule has 0 spiro atoms. The van der Waals surface area contributed by atoms with Gasteiger partial charge in [0.1, 0.15) is 5.75 Å². The lowest BCUT2D eigenvalue weighted by Gasteiger charge is -2.14. The van der Waals surface area contributed by atoms with Crippen molar-refractivity contribution in [2.24, 2.45) is 0 Å². The summed E-state index contributed by atoms with van der Waals surface area (Å²) < 4.78 is 41.3. The van der Waals surface area contributed by atoms with E-state index in [1.165, 1.54) is 18.2 Å². The molecule has 0 fully saturated rings. The Labute approximate surface area is 118 Å². The van der Waals surface area contributed by atoms with E-state index >= 15 is 0 Å². The highest BCUT2D eigenvalue weighted by Crippen LogP contribution is 2.37. The Morgan fingerprint density at radius 1 is 1.05 bits per heavy atom. The van der Waals surface area contributed by atoms with Crippen molar-refractivity contribution in [3.63, 3.8) is 0 Å². The first-order valence-electron chi connectivity index (χ1n) is 5.52. The third-order valence-electron chi connectivity index (χ3n) is 2.54. The number of benzene rings is 2. The van der Waals surface area contributed by atoms with E-state index in [0.29, 0.717) is 16.1 Å². The molecular weight excluding hydrogens is 289 g/mol. The van der Waals surface area contributed by atoms with E-state index in [-0.39, 0.29) is 11.3 Å². The van der Waals surface area contributed by atoms with Crippen molar-refractivity contribution in [3.05, 3.63) is 53.1 Å². The van der Waals surface area contributed by atoms with Crippen molar-refractivity contribution in [2.75, 3.05) is 0 Å². The number of hydrogen-bond donors (Lipinski definition) is 0. The quantitative estimate of drug-likeness (QED) is 0.717. The first kappa shape index (κ1) is 14.3. The maximum absolute atomic E-state index is 12.4. The van der Waals surface area contributed by atoms with Gasteiger partial charge in [-0.15, -0.1) is 19.6 Å². The van der Waals surface area contributed by atoms with Gasteiger partial charge in [-0.25, -0.2) is 0 Å². The predicted molar refractivity (Wildman–Crippen MR) is 71.5 cm³/mol. The van der Waals surface area contributed by atoms with E-state index in [9.17, 15) is 13.2 Å². The second-order valence-corrected chi connectivity index (χ2v) is 4.29. The van der Waals surface area contributed by atoms with Crippen molar-refractivity contribution in [3.8, 4) is 29.2 Å². The SMILES string of the molecule is C#Cc1ccc(OC(F)(F)F)c(-c2ccccc2Cl)c1. The molecule has 0 aliphatic heterocycles. The molecule has 0 saturated heterocycles. The fraction of sp³-hybridized carbons (Fsp3) is 0.0667. The molecule has 0 aliphatic carbocycles. The molecule has 2 aromatic rings. The molecule has 0 aromatic heterocycles. The molecule has 102 valence electrons. The van der Waals surface area contributed by atoms with Crippen molar-refractivity contribution >= 4 is 11.6 Å². The molecular formula is C15H8ClF3O. The van der Waals surface area contributed by atoms with Crippen LogP contribution >= 0.6 is 11.6 Å². The summed E-state index contributed by atoms with van der Waals surface area (Å²) in [4.78, 5) is 0. The third-order valence-corrected chi connectivity index (χ3v) is 2.87. The lowest BCUT2D eigenvalue weighted by atomic mass is 10.0. The summed E-state index contributed by atoms with van der Waals surface area (Å²) in [6.45, 7) is 0. The van der Waals surface area contributed by atoms with Gasteiger partial charge in [0.2, 0.25) is 0 Å². The summed E-state index contributed by atoms with van der Waals surface area (Å²) in [5, 5.41) is 0.314. The molecule has 0 heterocycles. The van der Waals surface area contributed by atoms with Gasteiger partial charge < -0.3 is 4.74 Å². The number of terminal acetylenes is 1. The third kappa shape index (κ3) is 3.25. The standard InChI is InChI=1S/C15H8ClF3O/c1-2-10-7-8-14(20-15(17,18)19)12(9-10)11-5-3-4-6-13(11)16/h1,3-9H. The normalized spacial score (nSPS) is 10.9. The number of halogens is 4. The molecule has 20 heavy (non-hydrogen) atoms. The Kier molecular flexibility index (Phi) is 3.91. The van der Waals surface area contributed by atoms with Crippen molar-refractivity contribution in [1.82, 2.24) is 0 Å². The fourth-order valence-electron chi connectivity index (χ4n) is 1.72. The zero-order chi connectivity index (χ0) is 14.8. The Hall–Kier alpha value is -2.12. The highest BCUT2D eigenvalue weighted by atomic mass is 35.5. The summed E-state index contributed by atoms with van der Waals surface area (Å²) in [5.41, 5.74) is 1.06. The Bertz CT molecular complexity index is 672. The summed E-state index contributed by atoms with van der Waals surface area (Å²) in [6, 6.07) is 10.5. The summed E-state index contributed by atoms with van der Waals surface area (Å²) in [5.74, 6) is 2.02. The van der Waals surface area contributed by atoms with E-state index < -0.39 is 6.36 Å². The average Bonchev–Trinajstić information content (AvgIpc) is 2.38. The van der Waals surface area contributed by atoms with Crippen LogP contribution in [-0.4, -0.2) is 6.36 Å². The molecule has 1 nitrogen and oxygen atoms in total. The second kappa shape index (κ2) is 5.48. The Morgan fingerprint density at radius 3 is 2.35 bits per heavy atom. The highest BCUT2D eigenvalue weighted by Gasteiger charge is 2.32. The minimum Gasteiger partial charge on any atom is -0.405 e. The van der Waals surface area contributed by atoms with Crippen LogP contribution < -0.4 is 4.74 Å². The largest absolute Gasteiger partial charge is 0.573 e. The highest BCUT2D eigenvalue weighted by molar-refractivity contribution is 6.33. The smallest absolute Gasteiger partial charge is 0.405 e. The molecule has 0 aliphatic rings. The van der Waals surface area contributed by atoms with Crippen LogP contribution in [0.2, 0.25) is 5.02 Å². The average molecular weight is 297 g/mol. The van der Waals surface area contributed by atoms with Crippen LogP contribution in [0.15, 0.2) is 42.5 Å². The first-order chi connectivity index (χ1) is 9.40. The van der Waals surface area contributed by atoms with E-state index in [0.717, 1.165) is 0 Å². The van der Waals surface area contributed by atoms with Crippen LogP contribution in [0.4, 0.5) is 13.2 Å². The van der Waals surface area contributed by atoms with E-state index in [1.807, 2.05) is 0 Å². The van der Waals surface area contributed by atoms with E-state index in [4.69, 9.17) is 18.0 Å². The van der Waals surface area contributed by atoms with Gasteiger partial charge in [0.15, 0.2) is 0 Å². The van der Waals surface area contributed by atoms with Gasteiger partial charge in [0.05, 0.1) is 0 Å². The van der Waals surface area contributed by atoms with Crippen LogP contribution in [0.3, 0.4) is 0 Å². The second-order valence-electron chi connectivity index (χ2n) is 3.88. The number of rotatable bonds is 2. The lowest BCUT2D eigenvalue weighted by molar-refractivity contribution is -0.274. The molecule has 5 heteroatoms. The molecule has 0 N–H and O–H groups in total. The molecule has 0 radical (unpaired) electrons. The van der Waals surface area contributed by atoms with Crippen LogP contribution in [-0.2, 0) is 0 Å². The van der Waals surface area contributed by atoms with Gasteiger partial charge in [0.25, 0.3) is 0 Å². The molecule has 0 amide bonds. The van der Waals surface area contributed by atoms with Crippen molar-refractivity contribution < 1.29 is 17.9 Å². The molecule has 0 saturated carbocycles. The molecule has 0 unspecified atom stereocenters. The molecule has 2 rings (SSSR count). The van der Waals surface area contributed by atoms with Crippen LogP contribution in [0.25, 0.3) is 11.1 Å². The number of hydrogen-bond acceptors (Lipinski definition) is 1. The minimum atomic E-state index is -4.78. The summed E-state index contributed by atoms with van der Waals surface area (Å²) >= 11 is 6.01. The summed E-state index contributed by atoms with van der Waals surface area (Å²) in [6.07, 6.45) is 0.482. The van der Waals surface area contributed by atoms with Gasteiger partial charge >= 0.3 is 6.36 Å². The number of alkyl halides is 3. The zero-order valence-corrected chi connectivity index (χ0v) is 10.8. The summed E-state index contributed by atoms with van der Waals surface area (Å²) in [7, 11) is 0. The number of ether oxygens (including phenoxy) is 1. The Balaban J connectivity index is 2.60. The monoisotopic (exact) mass is 296 g/mol. The van der Waals surface area contributed by atoms with Gasteiger partial charge in [-0.05, 0) is 24.3 Å². The van der Waals surface area contributed by atoms with E-state index in [2.05, 4.69) is 10.7 Å². The van der Waals surface area contributed by atoms with Crippen molar-refractivity contribution in [1.29, 1.82) is 0 Å². The Morgan fingerprint density at radius 2 is 1.75 bits per heavy atom. The zero-order valence-electron chi connectivity index (χ0n) is 10.0. The predicted octanol–water partition coefficient (Wildman–Crippen LogP) is 4.89. The molecule has 0 atom stereocenters. The first-order valence-corrected chi connectivity index (χ1v) is 5.90. The topological polar surface area (TPSA) is 9.23 Å². The molecule has 2 aromatic carbocycles.